The fourth-order valence-electron chi connectivity index (χ4n) is 13.3. The number of hydrogen-bond donors (Lipinski definition) is 0. The van der Waals surface area contributed by atoms with E-state index in [4.69, 9.17) is 0 Å². The Morgan fingerprint density at radius 1 is 0.404 bits per heavy atom. The predicted octanol–water partition coefficient (Wildman–Crippen LogP) is 13.4. The Labute approximate surface area is 308 Å². The van der Waals surface area contributed by atoms with Crippen molar-refractivity contribution in [2.45, 2.75) is 68.6 Å². The molecule has 0 N–H and O–H groups in total. The van der Waals surface area contributed by atoms with Crippen LogP contribution in [0.3, 0.4) is 0 Å². The Morgan fingerprint density at radius 2 is 0.981 bits per heavy atom. The molecular formula is C51H45N. The van der Waals surface area contributed by atoms with E-state index in [1.807, 2.05) is 0 Å². The van der Waals surface area contributed by atoms with Crippen LogP contribution in [0.5, 0.6) is 0 Å². The van der Waals surface area contributed by atoms with Crippen LogP contribution in [0, 0.1) is 23.7 Å². The van der Waals surface area contributed by atoms with Gasteiger partial charge in [0.2, 0.25) is 0 Å². The van der Waals surface area contributed by atoms with E-state index < -0.39 is 0 Å². The summed E-state index contributed by atoms with van der Waals surface area (Å²) in [5.41, 5.74) is 18.7. The van der Waals surface area contributed by atoms with E-state index in [1.165, 1.54) is 114 Å². The van der Waals surface area contributed by atoms with Gasteiger partial charge in [0.1, 0.15) is 0 Å². The molecule has 0 aliphatic heterocycles. The predicted molar refractivity (Wildman–Crippen MR) is 215 cm³/mol. The molecule has 6 aromatic rings. The zero-order chi connectivity index (χ0) is 34.0. The second-order valence-corrected chi connectivity index (χ2v) is 17.3. The van der Waals surface area contributed by atoms with E-state index in [0.29, 0.717) is 0 Å². The lowest BCUT2D eigenvalue weighted by Crippen LogP contribution is -2.55. The minimum Gasteiger partial charge on any atom is -0.310 e. The molecule has 5 fully saturated rings. The van der Waals surface area contributed by atoms with Gasteiger partial charge < -0.3 is 4.90 Å². The number of nitrogens with zero attached hydrogens (tertiary/aromatic N) is 1. The zero-order valence-corrected chi connectivity index (χ0v) is 29.9. The molecule has 52 heavy (non-hydrogen) atoms. The highest BCUT2D eigenvalue weighted by Gasteiger charge is 2.61. The van der Waals surface area contributed by atoms with Gasteiger partial charge in [-0.25, -0.2) is 0 Å². The van der Waals surface area contributed by atoms with Gasteiger partial charge in [0.15, 0.2) is 0 Å². The lowest BCUT2D eigenvalue weighted by molar-refractivity contribution is -0.0399. The minimum absolute atomic E-state index is 0.127. The van der Waals surface area contributed by atoms with Crippen LogP contribution < -0.4 is 4.90 Å². The quantitative estimate of drug-likeness (QED) is 0.180. The zero-order valence-electron chi connectivity index (χ0n) is 29.9. The summed E-state index contributed by atoms with van der Waals surface area (Å²) in [6.07, 6.45) is 12.2. The van der Waals surface area contributed by atoms with E-state index in [1.54, 1.807) is 16.7 Å². The lowest BCUT2D eigenvalue weighted by Gasteiger charge is -2.61. The molecule has 0 heterocycles. The van der Waals surface area contributed by atoms with Crippen molar-refractivity contribution in [2.24, 2.45) is 23.7 Å². The highest BCUT2D eigenvalue weighted by Crippen LogP contribution is 2.69. The maximum atomic E-state index is 2.59. The van der Waals surface area contributed by atoms with Crippen molar-refractivity contribution in [3.63, 3.8) is 0 Å². The average Bonchev–Trinajstić information content (AvgIpc) is 3.87. The Morgan fingerprint density at radius 3 is 1.75 bits per heavy atom. The smallest absolute Gasteiger partial charge is 0.0468 e. The van der Waals surface area contributed by atoms with Crippen LogP contribution in [0.25, 0.3) is 33.4 Å². The summed E-state index contributed by atoms with van der Waals surface area (Å²) in [7, 11) is 0. The van der Waals surface area contributed by atoms with Crippen LogP contribution in [0.15, 0.2) is 140 Å². The molecule has 0 aromatic heterocycles. The summed E-state index contributed by atoms with van der Waals surface area (Å²) in [4.78, 5) is 2.57. The molecule has 0 atom stereocenters. The molecule has 13 rings (SSSR count). The first-order valence-corrected chi connectivity index (χ1v) is 20.2. The van der Waals surface area contributed by atoms with Crippen LogP contribution in [0.1, 0.15) is 80.0 Å². The standard InChI is InChI=1S/C51H45N/c1-2-11-35(12-3-1)36-13-10-14-39(30-36)52(41-19-21-44-42-15-4-6-17-46(42)50(49(44)32-41)23-8-9-24-50)40-20-22-48-45(31-40)43-16-5-7-18-47(43)51(48)37-26-33-25-34(28-37)29-38(51)27-33/h1-7,10-22,30-34,37-38H,8-9,23-29H2. The molecule has 2 spiro atoms. The van der Waals surface area contributed by atoms with Crippen molar-refractivity contribution in [2.75, 3.05) is 4.90 Å². The third-order valence-corrected chi connectivity index (χ3v) is 15.0. The molecule has 254 valence electrons. The number of anilines is 3. The van der Waals surface area contributed by atoms with Crippen molar-refractivity contribution in [3.05, 3.63) is 162 Å². The van der Waals surface area contributed by atoms with Crippen molar-refractivity contribution < 1.29 is 0 Å². The van der Waals surface area contributed by atoms with Crippen molar-refractivity contribution in [1.29, 1.82) is 0 Å². The van der Waals surface area contributed by atoms with Crippen molar-refractivity contribution >= 4 is 17.1 Å². The van der Waals surface area contributed by atoms with Crippen LogP contribution in [-0.2, 0) is 10.8 Å². The van der Waals surface area contributed by atoms with E-state index >= 15 is 0 Å². The van der Waals surface area contributed by atoms with Gasteiger partial charge in [-0.2, -0.15) is 0 Å². The number of benzene rings is 6. The van der Waals surface area contributed by atoms with Crippen LogP contribution in [0.2, 0.25) is 0 Å². The normalized spacial score (nSPS) is 26.4. The molecule has 0 amide bonds. The van der Waals surface area contributed by atoms with Crippen LogP contribution >= 0.6 is 0 Å². The van der Waals surface area contributed by atoms with Gasteiger partial charge in [0.05, 0.1) is 0 Å². The molecule has 7 aliphatic carbocycles. The molecule has 4 bridgehead atoms. The Hall–Kier alpha value is -4.88. The first-order valence-electron chi connectivity index (χ1n) is 20.2. The summed E-state index contributed by atoms with van der Waals surface area (Å²) < 4.78 is 0. The molecule has 1 nitrogen and oxygen atoms in total. The van der Waals surface area contributed by atoms with Gasteiger partial charge in [-0.05, 0) is 161 Å². The Bertz CT molecular complexity index is 2360. The van der Waals surface area contributed by atoms with Crippen molar-refractivity contribution in [3.8, 4) is 33.4 Å². The second kappa shape index (κ2) is 10.8. The largest absolute Gasteiger partial charge is 0.310 e. The van der Waals surface area contributed by atoms with E-state index in [9.17, 15) is 0 Å². The third kappa shape index (κ3) is 3.90. The molecule has 1 heteroatoms. The molecule has 5 saturated carbocycles. The molecule has 0 unspecified atom stereocenters. The monoisotopic (exact) mass is 671 g/mol. The molecule has 0 saturated heterocycles. The van der Waals surface area contributed by atoms with E-state index in [0.717, 1.165) is 23.7 Å². The van der Waals surface area contributed by atoms with Gasteiger partial charge in [0.25, 0.3) is 0 Å². The first-order chi connectivity index (χ1) is 25.7. The minimum atomic E-state index is 0.127. The number of rotatable bonds is 4. The van der Waals surface area contributed by atoms with E-state index in [-0.39, 0.29) is 10.8 Å². The molecule has 7 aliphatic rings. The van der Waals surface area contributed by atoms with Crippen LogP contribution in [-0.4, -0.2) is 0 Å². The Kier molecular flexibility index (Phi) is 6.18. The fraction of sp³-hybridized carbons (Fsp3) is 0.294. The first kappa shape index (κ1) is 29.7. The number of fused-ring (bicyclic) bond motifs is 8. The maximum absolute atomic E-state index is 2.59. The summed E-state index contributed by atoms with van der Waals surface area (Å²) in [6.45, 7) is 0. The van der Waals surface area contributed by atoms with Crippen molar-refractivity contribution in [1.82, 2.24) is 0 Å². The van der Waals surface area contributed by atoms with Gasteiger partial charge in [-0.3, -0.25) is 0 Å². The van der Waals surface area contributed by atoms with Gasteiger partial charge in [-0.15, -0.1) is 0 Å². The number of hydrogen-bond acceptors (Lipinski definition) is 1. The molecular weight excluding hydrogens is 627 g/mol. The highest BCUT2D eigenvalue weighted by molar-refractivity contribution is 5.90. The SMILES string of the molecule is c1ccc(-c2cccc(N(c3ccc4c(c3)-c3ccccc3C43C4CC5CC(C4)CC3C5)c3ccc4c(c3)C3(CCCC3)c3ccccc3-4)c2)cc1. The maximum Gasteiger partial charge on any atom is 0.0468 e. The summed E-state index contributed by atoms with van der Waals surface area (Å²) in [6, 6.07) is 54.0. The molecule has 0 radical (unpaired) electrons. The van der Waals surface area contributed by atoms with Crippen LogP contribution in [0.4, 0.5) is 17.1 Å². The Balaban J connectivity index is 1.06. The highest BCUT2D eigenvalue weighted by atomic mass is 15.1. The third-order valence-electron chi connectivity index (χ3n) is 15.0. The van der Waals surface area contributed by atoms with Gasteiger partial charge >= 0.3 is 0 Å². The lowest BCUT2D eigenvalue weighted by atomic mass is 9.43. The van der Waals surface area contributed by atoms with E-state index in [2.05, 4.69) is 144 Å². The average molecular weight is 672 g/mol. The fourth-order valence-corrected chi connectivity index (χ4v) is 13.3. The van der Waals surface area contributed by atoms with Gasteiger partial charge in [0, 0.05) is 27.9 Å². The summed E-state index contributed by atoms with van der Waals surface area (Å²) in [5, 5.41) is 0. The second-order valence-electron chi connectivity index (χ2n) is 17.3. The summed E-state index contributed by atoms with van der Waals surface area (Å²) in [5.74, 6) is 3.45. The molecule has 6 aromatic carbocycles. The van der Waals surface area contributed by atoms with Gasteiger partial charge in [-0.1, -0.05) is 116 Å². The summed E-state index contributed by atoms with van der Waals surface area (Å²) >= 11 is 0. The topological polar surface area (TPSA) is 3.24 Å².